The van der Waals surface area contributed by atoms with E-state index in [1.165, 1.54) is 0 Å². The monoisotopic (exact) mass is 359 g/mol. The van der Waals surface area contributed by atoms with Crippen molar-refractivity contribution in [1.29, 1.82) is 0 Å². The molecule has 1 N–H and O–H groups in total. The number of aryl methyl sites for hydroxylation is 2. The van der Waals surface area contributed by atoms with E-state index < -0.39 is 0 Å². The molecule has 7 heteroatoms. The smallest absolute Gasteiger partial charge is 0.259 e. The highest BCUT2D eigenvalue weighted by atomic mass is 35.5. The lowest BCUT2D eigenvalue weighted by Gasteiger charge is -2.32. The SMILES string of the molecule is Cc1ccc(Cl)cc1NC(=O)c1cnc(N2CCN(C)CC2)nc1C. The molecule has 0 bridgehead atoms. The molecule has 25 heavy (non-hydrogen) atoms. The van der Waals surface area contributed by atoms with Gasteiger partial charge in [0.05, 0.1) is 11.3 Å². The lowest BCUT2D eigenvalue weighted by Crippen LogP contribution is -2.45. The topological polar surface area (TPSA) is 61.4 Å². The highest BCUT2D eigenvalue weighted by molar-refractivity contribution is 6.31. The zero-order valence-electron chi connectivity index (χ0n) is 14.7. The Labute approximate surface area is 152 Å². The van der Waals surface area contributed by atoms with Gasteiger partial charge in [-0.3, -0.25) is 4.79 Å². The molecule has 1 amide bonds. The molecule has 0 saturated carbocycles. The minimum atomic E-state index is -0.229. The van der Waals surface area contributed by atoms with E-state index in [0.717, 1.165) is 31.7 Å². The van der Waals surface area contributed by atoms with Crippen LogP contribution in [0.15, 0.2) is 24.4 Å². The quantitative estimate of drug-likeness (QED) is 0.913. The number of hydrogen-bond donors (Lipinski definition) is 1. The zero-order chi connectivity index (χ0) is 18.0. The first kappa shape index (κ1) is 17.6. The molecule has 0 radical (unpaired) electrons. The molecular weight excluding hydrogens is 338 g/mol. The summed E-state index contributed by atoms with van der Waals surface area (Å²) in [6.07, 6.45) is 1.60. The summed E-state index contributed by atoms with van der Waals surface area (Å²) in [4.78, 5) is 25.9. The number of rotatable bonds is 3. The molecule has 1 aromatic heterocycles. The van der Waals surface area contributed by atoms with Crippen molar-refractivity contribution in [1.82, 2.24) is 14.9 Å². The molecule has 1 aromatic carbocycles. The number of aromatic nitrogens is 2. The summed E-state index contributed by atoms with van der Waals surface area (Å²) >= 11 is 6.01. The summed E-state index contributed by atoms with van der Waals surface area (Å²) in [6, 6.07) is 5.41. The number of carbonyl (C=O) groups excluding carboxylic acids is 1. The summed E-state index contributed by atoms with van der Waals surface area (Å²) in [7, 11) is 2.11. The Bertz CT molecular complexity index is 787. The second-order valence-electron chi connectivity index (χ2n) is 6.37. The molecule has 1 aliphatic rings. The van der Waals surface area contributed by atoms with Crippen molar-refractivity contribution in [3.63, 3.8) is 0 Å². The minimum Gasteiger partial charge on any atom is -0.338 e. The van der Waals surface area contributed by atoms with E-state index in [9.17, 15) is 4.79 Å². The lowest BCUT2D eigenvalue weighted by molar-refractivity contribution is 0.102. The summed E-state index contributed by atoms with van der Waals surface area (Å²) in [5.41, 5.74) is 2.78. The van der Waals surface area contributed by atoms with Gasteiger partial charge in [0.15, 0.2) is 0 Å². The molecule has 3 rings (SSSR count). The Hall–Kier alpha value is -2.18. The van der Waals surface area contributed by atoms with Crippen molar-refractivity contribution in [2.45, 2.75) is 13.8 Å². The van der Waals surface area contributed by atoms with Crippen LogP contribution in [-0.2, 0) is 0 Å². The van der Waals surface area contributed by atoms with Crippen molar-refractivity contribution in [2.24, 2.45) is 0 Å². The number of benzene rings is 1. The zero-order valence-corrected chi connectivity index (χ0v) is 15.5. The van der Waals surface area contributed by atoms with Crippen molar-refractivity contribution in [2.75, 3.05) is 43.4 Å². The third-order valence-corrected chi connectivity index (χ3v) is 4.68. The first-order valence-electron chi connectivity index (χ1n) is 8.28. The van der Waals surface area contributed by atoms with Gasteiger partial charge in [0.1, 0.15) is 0 Å². The minimum absolute atomic E-state index is 0.229. The van der Waals surface area contributed by atoms with Gasteiger partial charge >= 0.3 is 0 Å². The van der Waals surface area contributed by atoms with Crippen molar-refractivity contribution < 1.29 is 4.79 Å². The molecule has 132 valence electrons. The van der Waals surface area contributed by atoms with Gasteiger partial charge in [0, 0.05) is 43.1 Å². The molecule has 2 aromatic rings. The first-order valence-corrected chi connectivity index (χ1v) is 8.66. The van der Waals surface area contributed by atoms with Gasteiger partial charge in [-0.25, -0.2) is 9.97 Å². The van der Waals surface area contributed by atoms with Crippen LogP contribution >= 0.6 is 11.6 Å². The van der Waals surface area contributed by atoms with Crippen molar-refractivity contribution in [3.05, 3.63) is 46.2 Å². The van der Waals surface area contributed by atoms with Crippen LogP contribution in [0.25, 0.3) is 0 Å². The average Bonchev–Trinajstić information content (AvgIpc) is 2.58. The predicted octanol–water partition coefficient (Wildman–Crippen LogP) is 2.75. The Balaban J connectivity index is 1.76. The van der Waals surface area contributed by atoms with E-state index in [-0.39, 0.29) is 5.91 Å². The number of carbonyl (C=O) groups is 1. The highest BCUT2D eigenvalue weighted by Crippen LogP contribution is 2.21. The molecule has 0 unspecified atom stereocenters. The first-order chi connectivity index (χ1) is 11.9. The Morgan fingerprint density at radius 1 is 1.20 bits per heavy atom. The summed E-state index contributed by atoms with van der Waals surface area (Å²) in [5.74, 6) is 0.453. The van der Waals surface area contributed by atoms with Gasteiger partial charge < -0.3 is 15.1 Å². The number of nitrogens with zero attached hydrogens (tertiary/aromatic N) is 4. The largest absolute Gasteiger partial charge is 0.338 e. The van der Waals surface area contributed by atoms with Gasteiger partial charge in [-0.15, -0.1) is 0 Å². The summed E-state index contributed by atoms with van der Waals surface area (Å²) < 4.78 is 0. The Morgan fingerprint density at radius 2 is 1.92 bits per heavy atom. The fourth-order valence-corrected chi connectivity index (χ4v) is 2.93. The van der Waals surface area contributed by atoms with Gasteiger partial charge in [0.25, 0.3) is 5.91 Å². The number of halogens is 1. The van der Waals surface area contributed by atoms with Crippen LogP contribution in [0.3, 0.4) is 0 Å². The molecule has 2 heterocycles. The maximum atomic E-state index is 12.6. The van der Waals surface area contributed by atoms with Gasteiger partial charge in [-0.05, 0) is 38.6 Å². The van der Waals surface area contributed by atoms with E-state index >= 15 is 0 Å². The van der Waals surface area contributed by atoms with Crippen LogP contribution in [0.5, 0.6) is 0 Å². The van der Waals surface area contributed by atoms with Crippen LogP contribution in [0, 0.1) is 13.8 Å². The van der Waals surface area contributed by atoms with E-state index in [0.29, 0.717) is 27.9 Å². The third kappa shape index (κ3) is 4.08. The Morgan fingerprint density at radius 3 is 2.60 bits per heavy atom. The normalized spacial score (nSPS) is 15.3. The van der Waals surface area contributed by atoms with Crippen LogP contribution in [0.1, 0.15) is 21.6 Å². The second kappa shape index (κ2) is 7.37. The highest BCUT2D eigenvalue weighted by Gasteiger charge is 2.19. The number of piperazine rings is 1. The van der Waals surface area contributed by atoms with E-state index in [1.807, 2.05) is 19.9 Å². The van der Waals surface area contributed by atoms with Crippen LogP contribution in [-0.4, -0.2) is 54.0 Å². The number of hydrogen-bond acceptors (Lipinski definition) is 5. The number of anilines is 2. The summed E-state index contributed by atoms with van der Waals surface area (Å²) in [5, 5.41) is 3.47. The number of likely N-dealkylation sites (N-methyl/N-ethyl adjacent to an activating group) is 1. The van der Waals surface area contributed by atoms with Gasteiger partial charge in [-0.1, -0.05) is 17.7 Å². The molecule has 0 atom stereocenters. The lowest BCUT2D eigenvalue weighted by atomic mass is 10.1. The number of amides is 1. The van der Waals surface area contributed by atoms with Crippen LogP contribution in [0.2, 0.25) is 5.02 Å². The van der Waals surface area contributed by atoms with E-state index in [2.05, 4.69) is 32.1 Å². The maximum Gasteiger partial charge on any atom is 0.259 e. The molecule has 6 nitrogen and oxygen atoms in total. The maximum absolute atomic E-state index is 12.6. The fraction of sp³-hybridized carbons (Fsp3) is 0.389. The molecule has 1 fully saturated rings. The molecule has 0 spiro atoms. The third-order valence-electron chi connectivity index (χ3n) is 4.45. The second-order valence-corrected chi connectivity index (χ2v) is 6.81. The standard InChI is InChI=1S/C18H22ClN5O/c1-12-4-5-14(19)10-16(12)22-17(25)15-11-20-18(21-13(15)2)24-8-6-23(3)7-9-24/h4-5,10-11H,6-9H2,1-3H3,(H,22,25). The van der Waals surface area contributed by atoms with Crippen LogP contribution < -0.4 is 10.2 Å². The Kier molecular flexibility index (Phi) is 5.20. The fourth-order valence-electron chi connectivity index (χ4n) is 2.76. The summed E-state index contributed by atoms with van der Waals surface area (Å²) in [6.45, 7) is 7.51. The van der Waals surface area contributed by atoms with Crippen molar-refractivity contribution in [3.8, 4) is 0 Å². The van der Waals surface area contributed by atoms with E-state index in [4.69, 9.17) is 11.6 Å². The van der Waals surface area contributed by atoms with Crippen molar-refractivity contribution >= 4 is 29.1 Å². The molecule has 0 aliphatic carbocycles. The predicted molar refractivity (Wildman–Crippen MR) is 101 cm³/mol. The molecular formula is C18H22ClN5O. The number of nitrogens with one attached hydrogen (secondary N) is 1. The molecule has 1 aliphatic heterocycles. The van der Waals surface area contributed by atoms with Crippen LogP contribution in [0.4, 0.5) is 11.6 Å². The average molecular weight is 360 g/mol. The van der Waals surface area contributed by atoms with E-state index in [1.54, 1.807) is 18.3 Å². The van der Waals surface area contributed by atoms with Gasteiger partial charge in [-0.2, -0.15) is 0 Å². The molecule has 1 saturated heterocycles. The van der Waals surface area contributed by atoms with Gasteiger partial charge in [0.2, 0.25) is 5.95 Å².